The highest BCUT2D eigenvalue weighted by atomic mass is 32.2. The molecule has 0 amide bonds. The van der Waals surface area contributed by atoms with E-state index in [1.54, 1.807) is 0 Å². The quantitative estimate of drug-likeness (QED) is 0.773. The summed E-state index contributed by atoms with van der Waals surface area (Å²) in [6.45, 7) is 6.79. The van der Waals surface area contributed by atoms with Crippen LogP contribution in [0.1, 0.15) is 33.6 Å². The third-order valence-corrected chi connectivity index (χ3v) is 5.11. The van der Waals surface area contributed by atoms with E-state index >= 15 is 0 Å². The lowest BCUT2D eigenvalue weighted by Crippen LogP contribution is -2.56. The second kappa shape index (κ2) is 3.81. The molecule has 0 aromatic carbocycles. The molecule has 1 aliphatic carbocycles. The van der Waals surface area contributed by atoms with Gasteiger partial charge in [0.1, 0.15) is 0 Å². The molecule has 1 N–H and O–H groups in total. The van der Waals surface area contributed by atoms with E-state index in [1.165, 1.54) is 6.26 Å². The van der Waals surface area contributed by atoms with Crippen molar-refractivity contribution in [3.05, 3.63) is 0 Å². The Balaban J connectivity index is 2.66. The Morgan fingerprint density at radius 1 is 1.43 bits per heavy atom. The molecule has 3 nitrogen and oxygen atoms in total. The highest BCUT2D eigenvalue weighted by Gasteiger charge is 2.49. The Kier molecular flexibility index (Phi) is 3.26. The van der Waals surface area contributed by atoms with Crippen LogP contribution < -0.4 is 5.32 Å². The molecule has 1 saturated carbocycles. The van der Waals surface area contributed by atoms with Gasteiger partial charge in [0, 0.05) is 18.8 Å². The predicted octanol–water partition coefficient (Wildman–Crippen LogP) is 1.20. The van der Waals surface area contributed by atoms with Crippen molar-refractivity contribution >= 4 is 9.84 Å². The molecule has 14 heavy (non-hydrogen) atoms. The van der Waals surface area contributed by atoms with Crippen molar-refractivity contribution in [1.82, 2.24) is 5.32 Å². The van der Waals surface area contributed by atoms with Gasteiger partial charge in [0.05, 0.1) is 4.75 Å². The van der Waals surface area contributed by atoms with Gasteiger partial charge in [-0.05, 0) is 18.8 Å². The van der Waals surface area contributed by atoms with Crippen molar-refractivity contribution in [2.24, 2.45) is 5.92 Å². The fourth-order valence-electron chi connectivity index (χ4n) is 2.18. The van der Waals surface area contributed by atoms with Gasteiger partial charge in [0.2, 0.25) is 0 Å². The molecule has 0 saturated heterocycles. The number of sulfone groups is 1. The maximum atomic E-state index is 11.7. The molecule has 84 valence electrons. The van der Waals surface area contributed by atoms with Crippen molar-refractivity contribution in [3.63, 3.8) is 0 Å². The van der Waals surface area contributed by atoms with Gasteiger partial charge in [-0.2, -0.15) is 0 Å². The first-order valence-corrected chi connectivity index (χ1v) is 7.09. The Morgan fingerprint density at radius 2 is 1.93 bits per heavy atom. The number of rotatable bonds is 4. The van der Waals surface area contributed by atoms with E-state index in [9.17, 15) is 8.42 Å². The lowest BCUT2D eigenvalue weighted by Gasteiger charge is -2.45. The standard InChI is InChI=1S/C10H21NO2S/c1-8(2)11-7-10(14(4,12)13)5-9(3)6-10/h8-9,11H,5-7H2,1-4H3. The highest BCUT2D eigenvalue weighted by molar-refractivity contribution is 7.92. The highest BCUT2D eigenvalue weighted by Crippen LogP contribution is 2.42. The molecular formula is C10H21NO2S. The van der Waals surface area contributed by atoms with Crippen LogP contribution in [0.4, 0.5) is 0 Å². The molecule has 1 rings (SSSR count). The fraction of sp³-hybridized carbons (Fsp3) is 1.00. The lowest BCUT2D eigenvalue weighted by molar-refractivity contribution is 0.226. The normalized spacial score (nSPS) is 33.1. The molecule has 0 heterocycles. The zero-order valence-corrected chi connectivity index (χ0v) is 10.3. The molecule has 0 aliphatic heterocycles. The zero-order valence-electron chi connectivity index (χ0n) is 9.50. The molecule has 0 unspecified atom stereocenters. The summed E-state index contributed by atoms with van der Waals surface area (Å²) in [7, 11) is -2.92. The molecule has 0 radical (unpaired) electrons. The van der Waals surface area contributed by atoms with Crippen LogP contribution >= 0.6 is 0 Å². The minimum Gasteiger partial charge on any atom is -0.313 e. The summed E-state index contributed by atoms with van der Waals surface area (Å²) in [4.78, 5) is 0. The minimum absolute atomic E-state index is 0.351. The first-order chi connectivity index (χ1) is 6.27. The van der Waals surface area contributed by atoms with Gasteiger partial charge in [-0.25, -0.2) is 8.42 Å². The summed E-state index contributed by atoms with van der Waals surface area (Å²) in [5, 5.41) is 3.24. The van der Waals surface area contributed by atoms with Crippen molar-refractivity contribution in [2.75, 3.05) is 12.8 Å². The number of nitrogens with one attached hydrogen (secondary N) is 1. The van der Waals surface area contributed by atoms with E-state index in [0.29, 0.717) is 18.5 Å². The molecular weight excluding hydrogens is 198 g/mol. The molecule has 0 spiro atoms. The van der Waals surface area contributed by atoms with Crippen LogP contribution in [0.5, 0.6) is 0 Å². The van der Waals surface area contributed by atoms with Crippen LogP contribution in [-0.2, 0) is 9.84 Å². The van der Waals surface area contributed by atoms with Crippen LogP contribution in [0.25, 0.3) is 0 Å². The first-order valence-electron chi connectivity index (χ1n) is 5.20. The molecule has 0 atom stereocenters. The molecule has 1 aliphatic rings. The lowest BCUT2D eigenvalue weighted by atomic mass is 9.75. The molecule has 0 bridgehead atoms. The van der Waals surface area contributed by atoms with Crippen LogP contribution in [0.15, 0.2) is 0 Å². The molecule has 0 aromatic rings. The maximum absolute atomic E-state index is 11.7. The zero-order chi connectivity index (χ0) is 11.0. The van der Waals surface area contributed by atoms with Gasteiger partial charge in [0.15, 0.2) is 9.84 Å². The monoisotopic (exact) mass is 219 g/mol. The summed E-state index contributed by atoms with van der Waals surface area (Å²) in [6.07, 6.45) is 2.98. The average molecular weight is 219 g/mol. The summed E-state index contributed by atoms with van der Waals surface area (Å²) in [5.41, 5.74) is 0. The van der Waals surface area contributed by atoms with E-state index in [4.69, 9.17) is 0 Å². The Hall–Kier alpha value is -0.0900. The van der Waals surface area contributed by atoms with Crippen LogP contribution in [0, 0.1) is 5.92 Å². The molecule has 1 fully saturated rings. The molecule has 0 aromatic heterocycles. The third kappa shape index (κ3) is 2.28. The van der Waals surface area contributed by atoms with Crippen LogP contribution in [0.2, 0.25) is 0 Å². The van der Waals surface area contributed by atoms with Gasteiger partial charge in [-0.3, -0.25) is 0 Å². The first kappa shape index (κ1) is 12.0. The Bertz CT molecular complexity index is 289. The Labute approximate surface area is 87.2 Å². The SMILES string of the molecule is CC1CC(CNC(C)C)(S(C)(=O)=O)C1. The van der Waals surface area contributed by atoms with Crippen molar-refractivity contribution in [1.29, 1.82) is 0 Å². The molecule has 4 heteroatoms. The summed E-state index contributed by atoms with van der Waals surface area (Å²) in [6, 6.07) is 0.351. The maximum Gasteiger partial charge on any atom is 0.154 e. The van der Waals surface area contributed by atoms with E-state index < -0.39 is 14.6 Å². The summed E-state index contributed by atoms with van der Waals surface area (Å²) >= 11 is 0. The van der Waals surface area contributed by atoms with Crippen LogP contribution in [0.3, 0.4) is 0 Å². The van der Waals surface area contributed by atoms with Gasteiger partial charge in [0.25, 0.3) is 0 Å². The largest absolute Gasteiger partial charge is 0.313 e. The number of hydrogen-bond donors (Lipinski definition) is 1. The van der Waals surface area contributed by atoms with Gasteiger partial charge in [-0.1, -0.05) is 20.8 Å². The summed E-state index contributed by atoms with van der Waals surface area (Å²) < 4.78 is 22.8. The van der Waals surface area contributed by atoms with Gasteiger partial charge in [-0.15, -0.1) is 0 Å². The van der Waals surface area contributed by atoms with E-state index in [1.807, 2.05) is 13.8 Å². The van der Waals surface area contributed by atoms with E-state index in [0.717, 1.165) is 12.8 Å². The smallest absolute Gasteiger partial charge is 0.154 e. The third-order valence-electron chi connectivity index (χ3n) is 3.06. The van der Waals surface area contributed by atoms with E-state index in [-0.39, 0.29) is 0 Å². The van der Waals surface area contributed by atoms with Crippen molar-refractivity contribution in [3.8, 4) is 0 Å². The summed E-state index contributed by atoms with van der Waals surface area (Å²) in [5.74, 6) is 0.554. The number of hydrogen-bond acceptors (Lipinski definition) is 3. The second-order valence-corrected chi connectivity index (χ2v) is 7.41. The van der Waals surface area contributed by atoms with Gasteiger partial charge >= 0.3 is 0 Å². The topological polar surface area (TPSA) is 46.2 Å². The average Bonchev–Trinajstić information content (AvgIpc) is 1.92. The predicted molar refractivity (Wildman–Crippen MR) is 59.1 cm³/mol. The fourth-order valence-corrected chi connectivity index (χ4v) is 3.70. The van der Waals surface area contributed by atoms with Crippen LogP contribution in [-0.4, -0.2) is 32.0 Å². The van der Waals surface area contributed by atoms with Crippen molar-refractivity contribution in [2.45, 2.75) is 44.4 Å². The Morgan fingerprint density at radius 3 is 2.21 bits per heavy atom. The van der Waals surface area contributed by atoms with E-state index in [2.05, 4.69) is 12.2 Å². The van der Waals surface area contributed by atoms with Gasteiger partial charge < -0.3 is 5.32 Å². The minimum atomic E-state index is -2.92. The van der Waals surface area contributed by atoms with Crippen molar-refractivity contribution < 1.29 is 8.42 Å². The second-order valence-electron chi connectivity index (χ2n) is 5.00.